The monoisotopic (exact) mass is 345 g/mol. The second-order valence-electron chi connectivity index (χ2n) is 4.10. The molecule has 2 rings (SSSR count). The van der Waals surface area contributed by atoms with Gasteiger partial charge in [-0.25, -0.2) is 0 Å². The zero-order chi connectivity index (χ0) is 15.7. The Labute approximate surface area is 133 Å². The molecule has 0 atom stereocenters. The first-order chi connectivity index (χ1) is 9.81. The Balaban J connectivity index is 2.37. The number of amides is 3. The maximum atomic E-state index is 12.1. The van der Waals surface area contributed by atoms with Gasteiger partial charge in [0.15, 0.2) is 6.04 Å². The van der Waals surface area contributed by atoms with E-state index in [1.54, 1.807) is 18.2 Å². The Bertz CT molecular complexity index is 746. The van der Waals surface area contributed by atoms with Gasteiger partial charge < -0.3 is 16.8 Å². The SMILES string of the molecule is NC(=O)C(NC(=O)c1sc2cc(Cl)ccc2c1Cl)C(N)=O. The highest BCUT2D eigenvalue weighted by Crippen LogP contribution is 2.36. The van der Waals surface area contributed by atoms with Crippen molar-refractivity contribution in [3.05, 3.63) is 33.1 Å². The lowest BCUT2D eigenvalue weighted by Gasteiger charge is -2.10. The first kappa shape index (κ1) is 15.6. The molecule has 0 saturated heterocycles. The van der Waals surface area contributed by atoms with Gasteiger partial charge in [0.05, 0.1) is 5.02 Å². The molecule has 0 radical (unpaired) electrons. The average molecular weight is 346 g/mol. The number of nitrogens with two attached hydrogens (primary N) is 2. The summed E-state index contributed by atoms with van der Waals surface area (Å²) in [6, 6.07) is 3.37. The van der Waals surface area contributed by atoms with Gasteiger partial charge in [0.25, 0.3) is 5.91 Å². The number of thiophene rings is 1. The molecular formula is C12H9Cl2N3O3S. The van der Waals surface area contributed by atoms with E-state index in [2.05, 4.69) is 5.32 Å². The number of carbonyl (C=O) groups is 3. The Morgan fingerprint density at radius 2 is 1.76 bits per heavy atom. The number of fused-ring (bicyclic) bond motifs is 1. The minimum absolute atomic E-state index is 0.140. The standard InChI is InChI=1S/C12H9Cl2N3O3S/c13-4-1-2-5-6(3-4)21-9(7(5)14)12(20)17-8(10(15)18)11(16)19/h1-3,8H,(H2,15,18)(H2,16,19)(H,17,20). The van der Waals surface area contributed by atoms with E-state index in [1.807, 2.05) is 0 Å². The molecule has 9 heteroatoms. The van der Waals surface area contributed by atoms with Crippen LogP contribution in [-0.2, 0) is 9.59 Å². The predicted octanol–water partition coefficient (Wildman–Crippen LogP) is 1.28. The van der Waals surface area contributed by atoms with E-state index in [0.717, 1.165) is 11.3 Å². The Morgan fingerprint density at radius 1 is 1.14 bits per heavy atom. The van der Waals surface area contributed by atoms with Gasteiger partial charge in [-0.2, -0.15) is 0 Å². The minimum atomic E-state index is -1.60. The van der Waals surface area contributed by atoms with E-state index in [-0.39, 0.29) is 9.90 Å². The molecule has 6 nitrogen and oxygen atoms in total. The molecule has 1 heterocycles. The third-order valence-corrected chi connectivity index (χ3v) is 4.53. The molecular weight excluding hydrogens is 337 g/mol. The van der Waals surface area contributed by atoms with Crippen molar-refractivity contribution in [2.75, 3.05) is 0 Å². The maximum absolute atomic E-state index is 12.1. The minimum Gasteiger partial charge on any atom is -0.367 e. The van der Waals surface area contributed by atoms with Crippen LogP contribution in [0.1, 0.15) is 9.67 Å². The van der Waals surface area contributed by atoms with E-state index in [1.165, 1.54) is 0 Å². The van der Waals surface area contributed by atoms with Crippen LogP contribution in [0.2, 0.25) is 10.0 Å². The first-order valence-corrected chi connectivity index (χ1v) is 7.15. The lowest BCUT2D eigenvalue weighted by molar-refractivity contribution is -0.128. The number of rotatable bonds is 4. The third-order valence-electron chi connectivity index (χ3n) is 2.64. The number of primary amides is 2. The van der Waals surface area contributed by atoms with E-state index >= 15 is 0 Å². The highest BCUT2D eigenvalue weighted by molar-refractivity contribution is 7.21. The van der Waals surface area contributed by atoms with E-state index in [4.69, 9.17) is 34.7 Å². The molecule has 2 aromatic rings. The van der Waals surface area contributed by atoms with Crippen LogP contribution in [0.4, 0.5) is 0 Å². The van der Waals surface area contributed by atoms with E-state index in [9.17, 15) is 14.4 Å². The van der Waals surface area contributed by atoms with Gasteiger partial charge in [-0.3, -0.25) is 14.4 Å². The quantitative estimate of drug-likeness (QED) is 0.724. The van der Waals surface area contributed by atoms with Gasteiger partial charge in [0.2, 0.25) is 11.8 Å². The summed E-state index contributed by atoms with van der Waals surface area (Å²) in [6.45, 7) is 0. The summed E-state index contributed by atoms with van der Waals surface area (Å²) in [7, 11) is 0. The van der Waals surface area contributed by atoms with Crippen molar-refractivity contribution in [1.29, 1.82) is 0 Å². The summed E-state index contributed by atoms with van der Waals surface area (Å²) in [5.41, 5.74) is 9.99. The van der Waals surface area contributed by atoms with Crippen molar-refractivity contribution in [2.24, 2.45) is 11.5 Å². The normalized spacial score (nSPS) is 10.8. The zero-order valence-electron chi connectivity index (χ0n) is 10.4. The summed E-state index contributed by atoms with van der Waals surface area (Å²) in [4.78, 5) is 34.4. The highest BCUT2D eigenvalue weighted by atomic mass is 35.5. The Hall–Kier alpha value is -1.83. The molecule has 0 bridgehead atoms. The van der Waals surface area contributed by atoms with Crippen molar-refractivity contribution < 1.29 is 14.4 Å². The van der Waals surface area contributed by atoms with E-state index < -0.39 is 23.8 Å². The fraction of sp³-hybridized carbons (Fsp3) is 0.0833. The number of halogens is 2. The van der Waals surface area contributed by atoms with Gasteiger partial charge in [-0.05, 0) is 12.1 Å². The first-order valence-electron chi connectivity index (χ1n) is 5.58. The van der Waals surface area contributed by atoms with Gasteiger partial charge in [0.1, 0.15) is 4.88 Å². The molecule has 110 valence electrons. The van der Waals surface area contributed by atoms with Crippen LogP contribution in [0.5, 0.6) is 0 Å². The molecule has 0 unspecified atom stereocenters. The number of nitrogens with one attached hydrogen (secondary N) is 1. The third kappa shape index (κ3) is 3.10. The molecule has 0 aliphatic rings. The fourth-order valence-corrected chi connectivity index (χ4v) is 3.36. The number of hydrogen-bond acceptors (Lipinski definition) is 4. The smallest absolute Gasteiger partial charge is 0.263 e. The number of hydrogen-bond donors (Lipinski definition) is 3. The van der Waals surface area contributed by atoms with Crippen molar-refractivity contribution in [3.63, 3.8) is 0 Å². The second kappa shape index (κ2) is 5.88. The van der Waals surface area contributed by atoms with Crippen LogP contribution in [0.25, 0.3) is 10.1 Å². The van der Waals surface area contributed by atoms with Crippen LogP contribution < -0.4 is 16.8 Å². The summed E-state index contributed by atoms with van der Waals surface area (Å²) < 4.78 is 0.701. The summed E-state index contributed by atoms with van der Waals surface area (Å²) in [5, 5.41) is 3.50. The lowest BCUT2D eigenvalue weighted by Crippen LogP contribution is -2.52. The van der Waals surface area contributed by atoms with Crippen molar-refractivity contribution >= 4 is 62.3 Å². The summed E-state index contributed by atoms with van der Waals surface area (Å²) in [5.74, 6) is -2.80. The molecule has 21 heavy (non-hydrogen) atoms. The van der Waals surface area contributed by atoms with Gasteiger partial charge >= 0.3 is 0 Å². The predicted molar refractivity (Wildman–Crippen MR) is 81.5 cm³/mol. The molecule has 0 fully saturated rings. The average Bonchev–Trinajstić information content (AvgIpc) is 2.71. The van der Waals surface area contributed by atoms with Gasteiger partial charge in [-0.15, -0.1) is 11.3 Å². The lowest BCUT2D eigenvalue weighted by atomic mass is 10.2. The van der Waals surface area contributed by atoms with Gasteiger partial charge in [0, 0.05) is 15.1 Å². The van der Waals surface area contributed by atoms with Crippen molar-refractivity contribution in [3.8, 4) is 0 Å². The fourth-order valence-electron chi connectivity index (χ4n) is 1.66. The molecule has 5 N–H and O–H groups in total. The van der Waals surface area contributed by atoms with E-state index in [0.29, 0.717) is 15.1 Å². The molecule has 1 aromatic heterocycles. The van der Waals surface area contributed by atoms with Crippen LogP contribution in [0.3, 0.4) is 0 Å². The highest BCUT2D eigenvalue weighted by Gasteiger charge is 2.26. The molecule has 0 spiro atoms. The van der Waals surface area contributed by atoms with Crippen LogP contribution in [-0.4, -0.2) is 23.8 Å². The van der Waals surface area contributed by atoms with Crippen LogP contribution >= 0.6 is 34.5 Å². The number of carbonyl (C=O) groups excluding carboxylic acids is 3. The Kier molecular flexibility index (Phi) is 4.36. The Morgan fingerprint density at radius 3 is 2.33 bits per heavy atom. The zero-order valence-corrected chi connectivity index (χ0v) is 12.7. The molecule has 1 aromatic carbocycles. The largest absolute Gasteiger partial charge is 0.367 e. The van der Waals surface area contributed by atoms with Crippen molar-refractivity contribution in [2.45, 2.75) is 6.04 Å². The summed E-state index contributed by atoms with van der Waals surface area (Å²) in [6.07, 6.45) is 0. The molecule has 3 amide bonds. The molecule has 0 aliphatic heterocycles. The van der Waals surface area contributed by atoms with Crippen LogP contribution in [0, 0.1) is 0 Å². The molecule has 0 saturated carbocycles. The maximum Gasteiger partial charge on any atom is 0.263 e. The van der Waals surface area contributed by atoms with Crippen molar-refractivity contribution in [1.82, 2.24) is 5.32 Å². The second-order valence-corrected chi connectivity index (χ2v) is 5.96. The van der Waals surface area contributed by atoms with Crippen LogP contribution in [0.15, 0.2) is 18.2 Å². The van der Waals surface area contributed by atoms with Gasteiger partial charge in [-0.1, -0.05) is 29.3 Å². The summed E-state index contributed by atoms with van der Waals surface area (Å²) >= 11 is 13.1. The number of benzene rings is 1. The molecule has 0 aliphatic carbocycles. The topological polar surface area (TPSA) is 115 Å².